The number of nitrogens with zero attached hydrogens (tertiary/aromatic N) is 1. The van der Waals surface area contributed by atoms with Gasteiger partial charge in [-0.2, -0.15) is 8.42 Å². The molecule has 2 aliphatic rings. The zero-order chi connectivity index (χ0) is 13.5. The molecule has 0 bridgehead atoms. The molecule has 2 aliphatic heterocycles. The zero-order valence-corrected chi connectivity index (χ0v) is 11.9. The van der Waals surface area contributed by atoms with Crippen LogP contribution < -0.4 is 0 Å². The van der Waals surface area contributed by atoms with Gasteiger partial charge in [-0.3, -0.25) is 9.08 Å². The monoisotopic (exact) mass is 281 g/mol. The van der Waals surface area contributed by atoms with Gasteiger partial charge in [0.2, 0.25) is 0 Å². The Hall–Kier alpha value is -0.910. The molecule has 5 heteroatoms. The van der Waals surface area contributed by atoms with Gasteiger partial charge in [-0.15, -0.1) is 0 Å². The van der Waals surface area contributed by atoms with E-state index in [2.05, 4.69) is 4.90 Å². The van der Waals surface area contributed by atoms with Crippen molar-refractivity contribution in [2.24, 2.45) is 0 Å². The lowest BCUT2D eigenvalue weighted by Gasteiger charge is -2.20. The van der Waals surface area contributed by atoms with Crippen molar-refractivity contribution >= 4 is 10.1 Å². The first-order chi connectivity index (χ1) is 9.06. The van der Waals surface area contributed by atoms with Crippen molar-refractivity contribution in [1.29, 1.82) is 0 Å². The second kappa shape index (κ2) is 4.89. The average molecular weight is 281 g/mol. The van der Waals surface area contributed by atoms with E-state index in [1.807, 2.05) is 6.92 Å². The molecule has 1 aromatic carbocycles. The summed E-state index contributed by atoms with van der Waals surface area (Å²) in [7, 11) is -3.63. The Morgan fingerprint density at radius 1 is 1.16 bits per heavy atom. The minimum atomic E-state index is -3.63. The standard InChI is InChI=1S/C14H19NO3S/c1-11-4-6-12(7-5-11)19(16,17)18-14-8-10-15-9-2-3-13(14)15/h4-7,13-14H,2-3,8-10H2,1H3/t13-,14?/m0/s1. The predicted octanol–water partition coefficient (Wildman–Crippen LogP) is 1.94. The van der Waals surface area contributed by atoms with Crippen LogP contribution in [-0.2, 0) is 14.3 Å². The van der Waals surface area contributed by atoms with Crippen LogP contribution in [0, 0.1) is 6.92 Å². The highest BCUT2D eigenvalue weighted by molar-refractivity contribution is 7.86. The van der Waals surface area contributed by atoms with Gasteiger partial charge in [0, 0.05) is 12.6 Å². The van der Waals surface area contributed by atoms with E-state index in [0.717, 1.165) is 37.9 Å². The number of benzene rings is 1. The molecule has 1 aromatic rings. The minimum absolute atomic E-state index is 0.172. The van der Waals surface area contributed by atoms with Crippen LogP contribution in [0.3, 0.4) is 0 Å². The van der Waals surface area contributed by atoms with Crippen molar-refractivity contribution < 1.29 is 12.6 Å². The number of fused-ring (bicyclic) bond motifs is 1. The molecular formula is C14H19NO3S. The number of hydrogen-bond donors (Lipinski definition) is 0. The van der Waals surface area contributed by atoms with E-state index in [1.54, 1.807) is 24.3 Å². The highest BCUT2D eigenvalue weighted by Gasteiger charge is 2.40. The van der Waals surface area contributed by atoms with Crippen LogP contribution in [0.15, 0.2) is 29.2 Å². The van der Waals surface area contributed by atoms with E-state index < -0.39 is 10.1 Å². The fourth-order valence-corrected chi connectivity index (χ4v) is 4.20. The van der Waals surface area contributed by atoms with E-state index in [1.165, 1.54) is 0 Å². The average Bonchev–Trinajstić information content (AvgIpc) is 2.95. The lowest BCUT2D eigenvalue weighted by molar-refractivity contribution is 0.166. The van der Waals surface area contributed by atoms with Crippen LogP contribution >= 0.6 is 0 Å². The Balaban J connectivity index is 1.76. The topological polar surface area (TPSA) is 46.6 Å². The molecule has 0 N–H and O–H groups in total. The van der Waals surface area contributed by atoms with Gasteiger partial charge in [-0.25, -0.2) is 0 Å². The SMILES string of the molecule is Cc1ccc(S(=O)(=O)OC2CCN3CCC[C@@H]23)cc1. The summed E-state index contributed by atoms with van der Waals surface area (Å²) in [5.41, 5.74) is 1.04. The van der Waals surface area contributed by atoms with Crippen LogP contribution in [-0.4, -0.2) is 38.6 Å². The largest absolute Gasteiger partial charge is 0.298 e. The Morgan fingerprint density at radius 3 is 2.63 bits per heavy atom. The van der Waals surface area contributed by atoms with Gasteiger partial charge < -0.3 is 0 Å². The van der Waals surface area contributed by atoms with Crippen molar-refractivity contribution in [2.45, 2.75) is 43.2 Å². The smallest absolute Gasteiger partial charge is 0.297 e. The van der Waals surface area contributed by atoms with Gasteiger partial charge in [0.05, 0.1) is 11.0 Å². The lowest BCUT2D eigenvalue weighted by Crippen LogP contribution is -2.32. The van der Waals surface area contributed by atoms with Crippen molar-refractivity contribution in [1.82, 2.24) is 4.90 Å². The van der Waals surface area contributed by atoms with E-state index in [4.69, 9.17) is 4.18 Å². The molecule has 0 aliphatic carbocycles. The summed E-state index contributed by atoms with van der Waals surface area (Å²) in [6, 6.07) is 7.12. The molecule has 1 unspecified atom stereocenters. The van der Waals surface area contributed by atoms with E-state index in [0.29, 0.717) is 6.04 Å². The maximum absolute atomic E-state index is 12.2. The summed E-state index contributed by atoms with van der Waals surface area (Å²) in [5, 5.41) is 0. The van der Waals surface area contributed by atoms with Crippen molar-refractivity contribution in [3.05, 3.63) is 29.8 Å². The second-order valence-electron chi connectivity index (χ2n) is 5.44. The van der Waals surface area contributed by atoms with Crippen LogP contribution in [0.25, 0.3) is 0 Å². The number of aryl methyl sites for hydroxylation is 1. The van der Waals surface area contributed by atoms with Crippen LogP contribution in [0.2, 0.25) is 0 Å². The zero-order valence-electron chi connectivity index (χ0n) is 11.1. The third-order valence-corrected chi connectivity index (χ3v) is 5.45. The maximum Gasteiger partial charge on any atom is 0.297 e. The molecule has 0 radical (unpaired) electrons. The highest BCUT2D eigenvalue weighted by atomic mass is 32.2. The first-order valence-corrected chi connectivity index (χ1v) is 8.21. The summed E-state index contributed by atoms with van der Waals surface area (Å²) in [6.45, 7) is 3.97. The molecule has 0 spiro atoms. The van der Waals surface area contributed by atoms with E-state index >= 15 is 0 Å². The first kappa shape index (κ1) is 13.1. The summed E-state index contributed by atoms with van der Waals surface area (Å²) in [5.74, 6) is 0. The van der Waals surface area contributed by atoms with Crippen LogP contribution in [0.5, 0.6) is 0 Å². The molecule has 2 fully saturated rings. The molecule has 2 heterocycles. The van der Waals surface area contributed by atoms with E-state index in [-0.39, 0.29) is 11.0 Å². The van der Waals surface area contributed by atoms with Gasteiger partial charge in [0.1, 0.15) is 0 Å². The van der Waals surface area contributed by atoms with Crippen LogP contribution in [0.1, 0.15) is 24.8 Å². The van der Waals surface area contributed by atoms with Gasteiger partial charge >= 0.3 is 0 Å². The molecule has 104 valence electrons. The summed E-state index contributed by atoms with van der Waals surface area (Å²) < 4.78 is 30.0. The van der Waals surface area contributed by atoms with Gasteiger partial charge in [-0.05, 0) is 44.9 Å². The molecule has 2 saturated heterocycles. The number of hydrogen-bond acceptors (Lipinski definition) is 4. The van der Waals surface area contributed by atoms with Crippen LogP contribution in [0.4, 0.5) is 0 Å². The molecule has 4 nitrogen and oxygen atoms in total. The predicted molar refractivity (Wildman–Crippen MR) is 72.4 cm³/mol. The van der Waals surface area contributed by atoms with Crippen molar-refractivity contribution in [3.8, 4) is 0 Å². The Kier molecular flexibility index (Phi) is 3.37. The Bertz CT molecular complexity index is 553. The quantitative estimate of drug-likeness (QED) is 0.794. The van der Waals surface area contributed by atoms with Gasteiger partial charge in [-0.1, -0.05) is 17.7 Å². The molecule has 3 rings (SSSR count). The summed E-state index contributed by atoms with van der Waals surface area (Å²) >= 11 is 0. The number of rotatable bonds is 3. The van der Waals surface area contributed by atoms with E-state index in [9.17, 15) is 8.42 Å². The first-order valence-electron chi connectivity index (χ1n) is 6.80. The Morgan fingerprint density at radius 2 is 1.89 bits per heavy atom. The minimum Gasteiger partial charge on any atom is -0.298 e. The van der Waals surface area contributed by atoms with Crippen molar-refractivity contribution in [3.63, 3.8) is 0 Å². The fraction of sp³-hybridized carbons (Fsp3) is 0.571. The fourth-order valence-electron chi connectivity index (χ4n) is 3.07. The maximum atomic E-state index is 12.2. The molecular weight excluding hydrogens is 262 g/mol. The lowest BCUT2D eigenvalue weighted by atomic mass is 10.1. The van der Waals surface area contributed by atoms with Gasteiger partial charge in [0.15, 0.2) is 0 Å². The Labute approximate surface area is 114 Å². The molecule has 2 atom stereocenters. The highest BCUT2D eigenvalue weighted by Crippen LogP contribution is 2.32. The second-order valence-corrected chi connectivity index (χ2v) is 7.01. The molecule has 0 amide bonds. The normalized spacial score (nSPS) is 27.6. The van der Waals surface area contributed by atoms with Gasteiger partial charge in [0.25, 0.3) is 10.1 Å². The molecule has 0 saturated carbocycles. The summed E-state index contributed by atoms with van der Waals surface area (Å²) in [6.07, 6.45) is 2.84. The molecule has 0 aromatic heterocycles. The molecule has 19 heavy (non-hydrogen) atoms. The third-order valence-electron chi connectivity index (χ3n) is 4.10. The van der Waals surface area contributed by atoms with Crippen molar-refractivity contribution in [2.75, 3.05) is 13.1 Å². The third kappa shape index (κ3) is 2.55. The summed E-state index contributed by atoms with van der Waals surface area (Å²) in [4.78, 5) is 2.60.